The summed E-state index contributed by atoms with van der Waals surface area (Å²) in [5, 5.41) is 0. The quantitative estimate of drug-likeness (QED) is 0.614. The van der Waals surface area contributed by atoms with E-state index in [2.05, 4.69) is 11.9 Å². The van der Waals surface area contributed by atoms with Crippen LogP contribution in [0.2, 0.25) is 0 Å². The molecule has 0 bridgehead atoms. The molecular formula is C8H12N2O. The highest BCUT2D eigenvalue weighted by Gasteiger charge is 2.01. The zero-order valence-corrected chi connectivity index (χ0v) is 6.87. The third-order valence-corrected chi connectivity index (χ3v) is 1.50. The van der Waals surface area contributed by atoms with Crippen LogP contribution in [0.1, 0.15) is 29.7 Å². The molecule has 0 N–H and O–H groups in total. The fraction of sp³-hybridized carbons (Fsp3) is 0.500. The van der Waals surface area contributed by atoms with Gasteiger partial charge in [0.15, 0.2) is 12.1 Å². The van der Waals surface area contributed by atoms with E-state index in [0.29, 0.717) is 5.82 Å². The Morgan fingerprint density at radius 3 is 3.00 bits per heavy atom. The maximum absolute atomic E-state index is 10.4. The molecule has 0 fully saturated rings. The zero-order chi connectivity index (χ0) is 8.27. The van der Waals surface area contributed by atoms with E-state index in [0.717, 1.165) is 24.9 Å². The number of aldehydes is 1. The lowest BCUT2D eigenvalue weighted by molar-refractivity contribution is 0.111. The summed E-state index contributed by atoms with van der Waals surface area (Å²) in [6.45, 7) is 4.83. The highest BCUT2D eigenvalue weighted by atomic mass is 16.1. The number of hydrogen-bond donors (Lipinski definition) is 0. The number of aryl methyl sites for hydroxylation is 2. The molecule has 0 atom stereocenters. The van der Waals surface area contributed by atoms with Crippen molar-refractivity contribution in [3.8, 4) is 0 Å². The molecule has 0 saturated heterocycles. The fourth-order valence-electron chi connectivity index (χ4n) is 1.08. The van der Waals surface area contributed by atoms with Gasteiger partial charge >= 0.3 is 0 Å². The van der Waals surface area contributed by atoms with Crippen LogP contribution >= 0.6 is 0 Å². The average Bonchev–Trinajstić information content (AvgIpc) is 2.32. The van der Waals surface area contributed by atoms with Crippen molar-refractivity contribution in [3.63, 3.8) is 0 Å². The molecule has 11 heavy (non-hydrogen) atoms. The van der Waals surface area contributed by atoms with Crippen LogP contribution in [0.3, 0.4) is 0 Å². The SMILES string of the molecule is CCCn1cc(C)nc1C=O. The van der Waals surface area contributed by atoms with E-state index >= 15 is 0 Å². The Kier molecular flexibility index (Phi) is 2.41. The van der Waals surface area contributed by atoms with Gasteiger partial charge in [-0.2, -0.15) is 0 Å². The molecule has 0 radical (unpaired) electrons. The van der Waals surface area contributed by atoms with Crippen LogP contribution in [0.25, 0.3) is 0 Å². The maximum atomic E-state index is 10.4. The topological polar surface area (TPSA) is 34.9 Å². The summed E-state index contributed by atoms with van der Waals surface area (Å²) in [5.74, 6) is 0.532. The second-order valence-electron chi connectivity index (χ2n) is 2.55. The van der Waals surface area contributed by atoms with Gasteiger partial charge in [0.2, 0.25) is 0 Å². The molecule has 0 unspecified atom stereocenters. The summed E-state index contributed by atoms with van der Waals surface area (Å²) in [6.07, 6.45) is 3.71. The number of nitrogens with zero attached hydrogens (tertiary/aromatic N) is 2. The highest BCUT2D eigenvalue weighted by Crippen LogP contribution is 2.00. The second kappa shape index (κ2) is 3.32. The number of imidazole rings is 1. The van der Waals surface area contributed by atoms with Crippen molar-refractivity contribution in [2.24, 2.45) is 0 Å². The van der Waals surface area contributed by atoms with Crippen LogP contribution in [0.4, 0.5) is 0 Å². The van der Waals surface area contributed by atoms with Gasteiger partial charge in [0.1, 0.15) is 0 Å². The third kappa shape index (κ3) is 1.67. The van der Waals surface area contributed by atoms with E-state index < -0.39 is 0 Å². The smallest absolute Gasteiger partial charge is 0.185 e. The predicted molar refractivity (Wildman–Crippen MR) is 42.6 cm³/mol. The first-order valence-corrected chi connectivity index (χ1v) is 3.77. The van der Waals surface area contributed by atoms with Crippen LogP contribution < -0.4 is 0 Å². The van der Waals surface area contributed by atoms with E-state index in [-0.39, 0.29) is 0 Å². The van der Waals surface area contributed by atoms with Crippen molar-refractivity contribution in [2.45, 2.75) is 26.8 Å². The largest absolute Gasteiger partial charge is 0.329 e. The molecular weight excluding hydrogens is 140 g/mol. The molecule has 60 valence electrons. The van der Waals surface area contributed by atoms with Gasteiger partial charge in [-0.05, 0) is 13.3 Å². The minimum Gasteiger partial charge on any atom is -0.329 e. The van der Waals surface area contributed by atoms with Crippen molar-refractivity contribution < 1.29 is 4.79 Å². The normalized spacial score (nSPS) is 10.0. The van der Waals surface area contributed by atoms with Crippen molar-refractivity contribution >= 4 is 6.29 Å². The Hall–Kier alpha value is -1.12. The van der Waals surface area contributed by atoms with Gasteiger partial charge in [0, 0.05) is 12.7 Å². The lowest BCUT2D eigenvalue weighted by Gasteiger charge is -1.98. The lowest BCUT2D eigenvalue weighted by atomic mass is 10.4. The Bertz CT molecular complexity index is 253. The van der Waals surface area contributed by atoms with Crippen LogP contribution in [-0.4, -0.2) is 15.8 Å². The van der Waals surface area contributed by atoms with Crippen LogP contribution in [0, 0.1) is 6.92 Å². The third-order valence-electron chi connectivity index (χ3n) is 1.50. The van der Waals surface area contributed by atoms with Gasteiger partial charge in [-0.25, -0.2) is 4.98 Å². The van der Waals surface area contributed by atoms with Crippen molar-refractivity contribution in [1.29, 1.82) is 0 Å². The summed E-state index contributed by atoms with van der Waals surface area (Å²) in [5.41, 5.74) is 0.903. The summed E-state index contributed by atoms with van der Waals surface area (Å²) in [7, 11) is 0. The zero-order valence-electron chi connectivity index (χ0n) is 6.87. The summed E-state index contributed by atoms with van der Waals surface area (Å²) < 4.78 is 1.88. The lowest BCUT2D eigenvalue weighted by Crippen LogP contribution is -2.00. The Morgan fingerprint density at radius 2 is 2.45 bits per heavy atom. The molecule has 0 aliphatic carbocycles. The van der Waals surface area contributed by atoms with E-state index in [1.807, 2.05) is 17.7 Å². The summed E-state index contributed by atoms with van der Waals surface area (Å²) >= 11 is 0. The molecule has 0 amide bonds. The van der Waals surface area contributed by atoms with Gasteiger partial charge in [0.05, 0.1) is 5.69 Å². The number of carbonyl (C=O) groups excluding carboxylic acids is 1. The number of rotatable bonds is 3. The van der Waals surface area contributed by atoms with Crippen molar-refractivity contribution in [1.82, 2.24) is 9.55 Å². The van der Waals surface area contributed by atoms with Gasteiger partial charge in [-0.15, -0.1) is 0 Å². The van der Waals surface area contributed by atoms with Gasteiger partial charge < -0.3 is 4.57 Å². The van der Waals surface area contributed by atoms with E-state index in [1.165, 1.54) is 0 Å². The van der Waals surface area contributed by atoms with Crippen LogP contribution in [0.5, 0.6) is 0 Å². The highest BCUT2D eigenvalue weighted by molar-refractivity contribution is 5.69. The standard InChI is InChI=1S/C8H12N2O/c1-3-4-10-5-7(2)9-8(10)6-11/h5-6H,3-4H2,1-2H3. The Morgan fingerprint density at radius 1 is 1.73 bits per heavy atom. The molecule has 1 rings (SSSR count). The first-order valence-electron chi connectivity index (χ1n) is 3.77. The molecule has 1 heterocycles. The second-order valence-corrected chi connectivity index (χ2v) is 2.55. The van der Waals surface area contributed by atoms with Crippen LogP contribution in [0.15, 0.2) is 6.20 Å². The molecule has 0 aliphatic rings. The average molecular weight is 152 g/mol. The van der Waals surface area contributed by atoms with Crippen molar-refractivity contribution in [2.75, 3.05) is 0 Å². The minimum absolute atomic E-state index is 0.532. The monoisotopic (exact) mass is 152 g/mol. The van der Waals surface area contributed by atoms with Gasteiger partial charge in [-0.3, -0.25) is 4.79 Å². The Labute approximate surface area is 66.1 Å². The molecule has 1 aromatic heterocycles. The summed E-state index contributed by atoms with van der Waals surface area (Å²) in [4.78, 5) is 14.5. The van der Waals surface area contributed by atoms with Crippen molar-refractivity contribution in [3.05, 3.63) is 17.7 Å². The molecule has 0 saturated carbocycles. The predicted octanol–water partition coefficient (Wildman–Crippen LogP) is 1.41. The molecule has 0 aromatic carbocycles. The minimum atomic E-state index is 0.532. The molecule has 1 aromatic rings. The van der Waals surface area contributed by atoms with Gasteiger partial charge in [-0.1, -0.05) is 6.92 Å². The molecule has 3 nitrogen and oxygen atoms in total. The number of hydrogen-bond acceptors (Lipinski definition) is 2. The molecule has 0 aliphatic heterocycles. The van der Waals surface area contributed by atoms with Gasteiger partial charge in [0.25, 0.3) is 0 Å². The van der Waals surface area contributed by atoms with E-state index in [9.17, 15) is 4.79 Å². The molecule has 3 heteroatoms. The molecule has 0 spiro atoms. The first-order chi connectivity index (χ1) is 5.27. The number of carbonyl (C=O) groups is 1. The fourth-order valence-corrected chi connectivity index (χ4v) is 1.08. The van der Waals surface area contributed by atoms with E-state index in [1.54, 1.807) is 0 Å². The maximum Gasteiger partial charge on any atom is 0.185 e. The van der Waals surface area contributed by atoms with Crippen LogP contribution in [-0.2, 0) is 6.54 Å². The summed E-state index contributed by atoms with van der Waals surface area (Å²) in [6, 6.07) is 0. The number of aromatic nitrogens is 2. The first kappa shape index (κ1) is 7.98. The van der Waals surface area contributed by atoms with E-state index in [4.69, 9.17) is 0 Å². The Balaban J connectivity index is 2.92.